The van der Waals surface area contributed by atoms with Crippen LogP contribution in [0.15, 0.2) is 97.2 Å². The first-order valence-corrected chi connectivity index (χ1v) is 14.1. The third-order valence-electron chi connectivity index (χ3n) is 5.78. The Morgan fingerprint density at radius 2 is 1.27 bits per heavy atom. The van der Waals surface area contributed by atoms with E-state index in [1.54, 1.807) is 0 Å². The predicted octanol–water partition coefficient (Wildman–Crippen LogP) is 7.11. The monoisotopic (exact) mass is 407 g/mol. The molecule has 1 unspecified atom stereocenters. The number of nitrogens with zero attached hydrogens (tertiary/aromatic N) is 1. The lowest BCUT2D eigenvalue weighted by Gasteiger charge is -2.25. The van der Waals surface area contributed by atoms with Gasteiger partial charge in [0.1, 0.15) is 0 Å². The highest BCUT2D eigenvalue weighted by molar-refractivity contribution is 6.89. The molecule has 0 aliphatic heterocycles. The van der Waals surface area contributed by atoms with Gasteiger partial charge in [0.05, 0.1) is 13.8 Å². The number of hydrogen-bond donors (Lipinski definition) is 0. The fourth-order valence-corrected chi connectivity index (χ4v) is 5.63. The maximum atomic E-state index is 4.92. The van der Waals surface area contributed by atoms with E-state index < -0.39 is 8.07 Å². The molecule has 4 aromatic rings. The topological polar surface area (TPSA) is 12.9 Å². The molecule has 0 saturated carbocycles. The summed E-state index contributed by atoms with van der Waals surface area (Å²) in [5.74, 6) is 0.340. The molecule has 150 valence electrons. The molecule has 1 aromatic heterocycles. The van der Waals surface area contributed by atoms with Crippen LogP contribution in [0.25, 0.3) is 22.4 Å². The standard InChI is InChI=1S/C28H29NSi/c1-21(22-12-7-5-8-13-22)26-19-27(29-20-28(26)30(2,3)4)25-17-11-16-24(18-25)23-14-9-6-10-15-23/h5-21H,1-4H3. The van der Waals surface area contributed by atoms with E-state index in [1.807, 2.05) is 0 Å². The Labute approximate surface area is 181 Å². The van der Waals surface area contributed by atoms with Gasteiger partial charge in [-0.05, 0) is 39.6 Å². The molecule has 0 radical (unpaired) electrons. The van der Waals surface area contributed by atoms with Crippen LogP contribution in [0.4, 0.5) is 0 Å². The van der Waals surface area contributed by atoms with E-state index in [0.29, 0.717) is 5.92 Å². The van der Waals surface area contributed by atoms with Crippen LogP contribution in [0.2, 0.25) is 19.6 Å². The van der Waals surface area contributed by atoms with Crippen LogP contribution in [0, 0.1) is 0 Å². The fraction of sp³-hybridized carbons (Fsp3) is 0.179. The first kappa shape index (κ1) is 20.3. The molecule has 0 aliphatic carbocycles. The second-order valence-corrected chi connectivity index (χ2v) is 14.0. The molecular formula is C28H29NSi. The first-order chi connectivity index (χ1) is 14.4. The van der Waals surface area contributed by atoms with Gasteiger partial charge >= 0.3 is 0 Å². The molecule has 4 rings (SSSR count). The number of hydrogen-bond acceptors (Lipinski definition) is 1. The van der Waals surface area contributed by atoms with E-state index >= 15 is 0 Å². The third-order valence-corrected chi connectivity index (χ3v) is 7.81. The van der Waals surface area contributed by atoms with Crippen molar-refractivity contribution in [2.24, 2.45) is 0 Å². The molecule has 1 nitrogen and oxygen atoms in total. The van der Waals surface area contributed by atoms with E-state index in [9.17, 15) is 0 Å². The highest BCUT2D eigenvalue weighted by Crippen LogP contribution is 2.29. The first-order valence-electron chi connectivity index (χ1n) is 10.6. The fourth-order valence-electron chi connectivity index (χ4n) is 4.02. The van der Waals surface area contributed by atoms with E-state index in [-0.39, 0.29) is 0 Å². The Morgan fingerprint density at radius 1 is 0.667 bits per heavy atom. The summed E-state index contributed by atoms with van der Waals surface area (Å²) in [5.41, 5.74) is 7.44. The predicted molar refractivity (Wildman–Crippen MR) is 132 cm³/mol. The molecule has 30 heavy (non-hydrogen) atoms. The van der Waals surface area contributed by atoms with Crippen molar-refractivity contribution >= 4 is 13.3 Å². The average molecular weight is 408 g/mol. The van der Waals surface area contributed by atoms with Crippen molar-refractivity contribution in [3.8, 4) is 22.4 Å². The van der Waals surface area contributed by atoms with Gasteiger partial charge in [-0.1, -0.05) is 105 Å². The smallest absolute Gasteiger partial charge is 0.0800 e. The molecule has 0 aliphatic rings. The summed E-state index contributed by atoms with van der Waals surface area (Å²) in [5, 5.41) is 1.45. The molecule has 0 spiro atoms. The maximum Gasteiger partial charge on any atom is 0.0800 e. The zero-order valence-electron chi connectivity index (χ0n) is 18.3. The molecular weight excluding hydrogens is 378 g/mol. The van der Waals surface area contributed by atoms with Gasteiger partial charge in [-0.3, -0.25) is 4.98 Å². The molecule has 1 heterocycles. The minimum atomic E-state index is -1.52. The van der Waals surface area contributed by atoms with Crippen molar-refractivity contribution in [3.05, 3.63) is 108 Å². The molecule has 0 fully saturated rings. The second kappa shape index (κ2) is 8.41. The van der Waals surface area contributed by atoms with Crippen molar-refractivity contribution in [2.75, 3.05) is 0 Å². The van der Waals surface area contributed by atoms with Crippen LogP contribution in [-0.2, 0) is 0 Å². The number of aromatic nitrogens is 1. The molecule has 0 saturated heterocycles. The average Bonchev–Trinajstić information content (AvgIpc) is 2.79. The normalized spacial score (nSPS) is 12.5. The molecule has 0 N–H and O–H groups in total. The molecule has 2 heteroatoms. The Bertz CT molecular complexity index is 1130. The van der Waals surface area contributed by atoms with Gasteiger partial charge in [0.2, 0.25) is 0 Å². The van der Waals surface area contributed by atoms with Crippen molar-refractivity contribution in [3.63, 3.8) is 0 Å². The molecule has 1 atom stereocenters. The Kier molecular flexibility index (Phi) is 5.69. The summed E-state index contributed by atoms with van der Waals surface area (Å²) >= 11 is 0. The Hall–Kier alpha value is -2.97. The van der Waals surface area contributed by atoms with Crippen LogP contribution in [-0.4, -0.2) is 13.1 Å². The zero-order chi connectivity index (χ0) is 21.1. The number of rotatable bonds is 5. The maximum absolute atomic E-state index is 4.92. The lowest BCUT2D eigenvalue weighted by molar-refractivity contribution is 0.925. The van der Waals surface area contributed by atoms with Crippen LogP contribution >= 0.6 is 0 Å². The van der Waals surface area contributed by atoms with Gasteiger partial charge in [-0.15, -0.1) is 0 Å². The third kappa shape index (κ3) is 4.29. The van der Waals surface area contributed by atoms with E-state index in [1.165, 1.54) is 33.0 Å². The van der Waals surface area contributed by atoms with Gasteiger partial charge in [-0.2, -0.15) is 0 Å². The summed E-state index contributed by atoms with van der Waals surface area (Å²) in [7, 11) is -1.52. The van der Waals surface area contributed by atoms with E-state index in [0.717, 1.165) is 5.69 Å². The van der Waals surface area contributed by atoms with Crippen LogP contribution in [0.1, 0.15) is 24.0 Å². The van der Waals surface area contributed by atoms with Gasteiger partial charge in [-0.25, -0.2) is 0 Å². The van der Waals surface area contributed by atoms with Gasteiger partial charge in [0, 0.05) is 17.7 Å². The highest BCUT2D eigenvalue weighted by atomic mass is 28.3. The molecule has 0 amide bonds. The minimum Gasteiger partial charge on any atom is -0.256 e. The number of benzene rings is 3. The largest absolute Gasteiger partial charge is 0.256 e. The quantitative estimate of drug-likeness (QED) is 0.321. The lowest BCUT2D eigenvalue weighted by atomic mass is 9.92. The van der Waals surface area contributed by atoms with Crippen molar-refractivity contribution in [1.29, 1.82) is 0 Å². The highest BCUT2D eigenvalue weighted by Gasteiger charge is 2.24. The molecule has 3 aromatic carbocycles. The van der Waals surface area contributed by atoms with Crippen LogP contribution in [0.5, 0.6) is 0 Å². The van der Waals surface area contributed by atoms with Crippen LogP contribution < -0.4 is 5.19 Å². The van der Waals surface area contributed by atoms with Crippen molar-refractivity contribution in [1.82, 2.24) is 4.98 Å². The van der Waals surface area contributed by atoms with Gasteiger partial charge in [0.25, 0.3) is 0 Å². The number of pyridine rings is 1. The van der Waals surface area contributed by atoms with Crippen LogP contribution in [0.3, 0.4) is 0 Å². The summed E-state index contributed by atoms with van der Waals surface area (Å²) in [6.45, 7) is 9.53. The Morgan fingerprint density at radius 3 is 1.93 bits per heavy atom. The second-order valence-electron chi connectivity index (χ2n) is 8.99. The summed E-state index contributed by atoms with van der Waals surface area (Å²) in [4.78, 5) is 4.92. The minimum absolute atomic E-state index is 0.340. The summed E-state index contributed by atoms with van der Waals surface area (Å²) in [6.07, 6.45) is 2.14. The Balaban J connectivity index is 1.81. The molecule has 0 bridgehead atoms. The van der Waals surface area contributed by atoms with Crippen molar-refractivity contribution in [2.45, 2.75) is 32.5 Å². The SMILES string of the molecule is CC(c1ccccc1)c1cc(-c2cccc(-c3ccccc3)c2)ncc1[Si](C)(C)C. The zero-order valence-corrected chi connectivity index (χ0v) is 19.3. The van der Waals surface area contributed by atoms with Gasteiger partial charge < -0.3 is 0 Å². The lowest BCUT2D eigenvalue weighted by Crippen LogP contribution is -2.41. The van der Waals surface area contributed by atoms with Crippen molar-refractivity contribution < 1.29 is 0 Å². The summed E-state index contributed by atoms with van der Waals surface area (Å²) in [6, 6.07) is 32.4. The summed E-state index contributed by atoms with van der Waals surface area (Å²) < 4.78 is 0. The van der Waals surface area contributed by atoms with E-state index in [2.05, 4.69) is 124 Å². The van der Waals surface area contributed by atoms with Gasteiger partial charge in [0.15, 0.2) is 0 Å². The van der Waals surface area contributed by atoms with E-state index in [4.69, 9.17) is 4.98 Å².